The molecule has 3 aliphatic rings. The van der Waals surface area contributed by atoms with Crippen LogP contribution >= 0.6 is 11.6 Å². The van der Waals surface area contributed by atoms with Crippen molar-refractivity contribution in [3.63, 3.8) is 0 Å². The van der Waals surface area contributed by atoms with E-state index in [1.807, 2.05) is 54.6 Å². The zero-order valence-corrected chi connectivity index (χ0v) is 16.8. The largest absolute Gasteiger partial charge is 0.277 e. The Hall–Kier alpha value is -2.37. The van der Waals surface area contributed by atoms with Gasteiger partial charge in [-0.1, -0.05) is 67.3 Å². The minimum atomic E-state index is -0.800. The molecule has 0 aromatic heterocycles. The molecule has 0 bridgehead atoms. The highest BCUT2D eigenvalue weighted by Crippen LogP contribution is 2.49. The summed E-state index contributed by atoms with van der Waals surface area (Å²) in [6.07, 6.45) is 4.25. The molecule has 1 aliphatic carbocycles. The number of imide groups is 1. The van der Waals surface area contributed by atoms with E-state index in [4.69, 9.17) is 16.4 Å². The van der Waals surface area contributed by atoms with Crippen molar-refractivity contribution in [2.45, 2.75) is 50.3 Å². The Morgan fingerprint density at radius 3 is 2.28 bits per heavy atom. The maximum atomic E-state index is 13.5. The number of anilines is 1. The second-order valence-electron chi connectivity index (χ2n) is 8.02. The lowest BCUT2D eigenvalue weighted by Crippen LogP contribution is -2.44. The Kier molecular flexibility index (Phi) is 4.80. The molecule has 150 valence electrons. The van der Waals surface area contributed by atoms with E-state index in [2.05, 4.69) is 0 Å². The van der Waals surface area contributed by atoms with E-state index in [1.54, 1.807) is 5.06 Å². The van der Waals surface area contributed by atoms with E-state index in [0.717, 1.165) is 36.9 Å². The van der Waals surface area contributed by atoms with E-state index >= 15 is 0 Å². The lowest BCUT2D eigenvalue weighted by molar-refractivity contribution is -0.146. The highest BCUT2D eigenvalue weighted by Gasteiger charge is 2.61. The van der Waals surface area contributed by atoms with Crippen LogP contribution in [-0.4, -0.2) is 28.9 Å². The zero-order chi connectivity index (χ0) is 20.0. The van der Waals surface area contributed by atoms with Crippen molar-refractivity contribution in [3.8, 4) is 0 Å². The molecule has 0 radical (unpaired) electrons. The lowest BCUT2D eigenvalue weighted by Gasteiger charge is -2.33. The molecule has 3 atom stereocenters. The van der Waals surface area contributed by atoms with Gasteiger partial charge in [-0.15, -0.1) is 0 Å². The Balaban J connectivity index is 1.56. The van der Waals surface area contributed by atoms with E-state index in [0.29, 0.717) is 5.02 Å². The number of para-hydroxylation sites is 1. The van der Waals surface area contributed by atoms with Crippen molar-refractivity contribution in [2.75, 3.05) is 5.06 Å². The maximum absolute atomic E-state index is 13.5. The molecule has 29 heavy (non-hydrogen) atoms. The van der Waals surface area contributed by atoms with Gasteiger partial charge in [-0.3, -0.25) is 19.3 Å². The van der Waals surface area contributed by atoms with Crippen molar-refractivity contribution in [1.82, 2.24) is 4.90 Å². The fourth-order valence-electron chi connectivity index (χ4n) is 4.96. The second kappa shape index (κ2) is 7.47. The number of hydroxylamine groups is 1. The molecule has 2 amide bonds. The molecule has 3 fully saturated rings. The van der Waals surface area contributed by atoms with Crippen LogP contribution in [0.2, 0.25) is 5.02 Å². The van der Waals surface area contributed by atoms with Gasteiger partial charge in [0.2, 0.25) is 5.91 Å². The van der Waals surface area contributed by atoms with Gasteiger partial charge in [-0.25, -0.2) is 5.06 Å². The average molecular weight is 411 g/mol. The first kappa shape index (κ1) is 18.6. The number of amides is 2. The third-order valence-electron chi connectivity index (χ3n) is 6.32. The second-order valence-corrected chi connectivity index (χ2v) is 8.43. The van der Waals surface area contributed by atoms with E-state index in [9.17, 15) is 9.59 Å². The highest BCUT2D eigenvalue weighted by atomic mass is 35.5. The van der Waals surface area contributed by atoms with Gasteiger partial charge in [0, 0.05) is 11.1 Å². The molecule has 2 heterocycles. The van der Waals surface area contributed by atoms with Gasteiger partial charge in [0.25, 0.3) is 5.91 Å². The van der Waals surface area contributed by atoms with Crippen LogP contribution in [0.1, 0.15) is 43.7 Å². The van der Waals surface area contributed by atoms with Crippen LogP contribution in [-0.2, 0) is 14.4 Å². The third kappa shape index (κ3) is 3.04. The predicted molar refractivity (Wildman–Crippen MR) is 110 cm³/mol. The quantitative estimate of drug-likeness (QED) is 0.698. The van der Waals surface area contributed by atoms with Gasteiger partial charge in [0.1, 0.15) is 5.92 Å². The maximum Gasteiger partial charge on any atom is 0.262 e. The number of likely N-dealkylation sites (tertiary alicyclic amines) is 1. The minimum absolute atomic E-state index is 0.00461. The summed E-state index contributed by atoms with van der Waals surface area (Å²) in [5.74, 6) is -0.929. The van der Waals surface area contributed by atoms with E-state index in [1.165, 1.54) is 11.3 Å². The summed E-state index contributed by atoms with van der Waals surface area (Å²) in [5.41, 5.74) is 1.61. The van der Waals surface area contributed by atoms with Crippen LogP contribution in [0, 0.1) is 5.92 Å². The summed E-state index contributed by atoms with van der Waals surface area (Å²) < 4.78 is 0. The normalized spacial score (nSPS) is 27.6. The molecular formula is C23H23ClN2O3. The summed E-state index contributed by atoms with van der Waals surface area (Å²) in [6.45, 7) is 0. The molecule has 2 aromatic carbocycles. The van der Waals surface area contributed by atoms with Gasteiger partial charge in [0.15, 0.2) is 6.10 Å². The summed E-state index contributed by atoms with van der Waals surface area (Å²) >= 11 is 6.52. The first-order valence-corrected chi connectivity index (χ1v) is 10.7. The Labute approximate surface area is 175 Å². The number of carbonyl (C=O) groups excluding carboxylic acids is 2. The summed E-state index contributed by atoms with van der Waals surface area (Å²) in [4.78, 5) is 34.4. The van der Waals surface area contributed by atoms with Crippen molar-refractivity contribution in [3.05, 3.63) is 65.2 Å². The molecule has 2 aliphatic heterocycles. The molecule has 0 unspecified atom stereocenters. The fraction of sp³-hybridized carbons (Fsp3) is 0.391. The molecule has 2 saturated heterocycles. The number of halogens is 1. The topological polar surface area (TPSA) is 49.9 Å². The Morgan fingerprint density at radius 1 is 0.862 bits per heavy atom. The molecule has 6 heteroatoms. The van der Waals surface area contributed by atoms with E-state index < -0.39 is 18.1 Å². The third-order valence-corrected chi connectivity index (χ3v) is 6.67. The van der Waals surface area contributed by atoms with Crippen LogP contribution in [0.3, 0.4) is 0 Å². The lowest BCUT2D eigenvalue weighted by atomic mass is 9.90. The van der Waals surface area contributed by atoms with Gasteiger partial charge in [-0.2, -0.15) is 0 Å². The molecule has 1 saturated carbocycles. The predicted octanol–water partition coefficient (Wildman–Crippen LogP) is 4.52. The number of carbonyl (C=O) groups is 2. The first-order chi connectivity index (χ1) is 14.2. The van der Waals surface area contributed by atoms with Crippen molar-refractivity contribution in [1.29, 1.82) is 0 Å². The number of fused-ring (bicyclic) bond motifs is 1. The van der Waals surface area contributed by atoms with Crippen molar-refractivity contribution >= 4 is 29.1 Å². The molecule has 5 rings (SSSR count). The molecule has 0 N–H and O–H groups in total. The van der Waals surface area contributed by atoms with Crippen molar-refractivity contribution in [2.24, 2.45) is 5.92 Å². The van der Waals surface area contributed by atoms with Gasteiger partial charge in [0.05, 0.1) is 11.7 Å². The first-order valence-electron chi connectivity index (χ1n) is 10.3. The molecule has 2 aromatic rings. The summed E-state index contributed by atoms with van der Waals surface area (Å²) in [7, 11) is 0. The SMILES string of the molecule is O=C1[C@H]2[C@@H](c3ccccc3Cl)N(c3ccccc3)O[C@H]2C(=O)N1C1CCCCC1. The molecular weight excluding hydrogens is 388 g/mol. The molecule has 0 spiro atoms. The monoisotopic (exact) mass is 410 g/mol. The standard InChI is InChI=1S/C23H23ClN2O3/c24-18-14-8-7-13-17(18)20-19-21(29-26(20)16-11-5-2-6-12-16)23(28)25(22(19)27)15-9-3-1-4-10-15/h2,5-8,11-15,19-21H,1,3-4,9-10H2/t19-,20+,21+/m0/s1. The smallest absolute Gasteiger partial charge is 0.262 e. The fourth-order valence-corrected chi connectivity index (χ4v) is 5.21. The van der Waals surface area contributed by atoms with Gasteiger partial charge in [-0.05, 0) is 36.6 Å². The van der Waals surface area contributed by atoms with Crippen LogP contribution in [0.25, 0.3) is 0 Å². The van der Waals surface area contributed by atoms with Crippen LogP contribution in [0.5, 0.6) is 0 Å². The van der Waals surface area contributed by atoms with Crippen LogP contribution < -0.4 is 5.06 Å². The van der Waals surface area contributed by atoms with Crippen LogP contribution in [0.4, 0.5) is 5.69 Å². The molecule has 5 nitrogen and oxygen atoms in total. The summed E-state index contributed by atoms with van der Waals surface area (Å²) in [6, 6.07) is 16.6. The number of hydrogen-bond donors (Lipinski definition) is 0. The zero-order valence-electron chi connectivity index (χ0n) is 16.0. The van der Waals surface area contributed by atoms with Crippen molar-refractivity contribution < 1.29 is 14.4 Å². The van der Waals surface area contributed by atoms with Gasteiger partial charge >= 0.3 is 0 Å². The number of nitrogens with zero attached hydrogens (tertiary/aromatic N) is 2. The van der Waals surface area contributed by atoms with Crippen LogP contribution in [0.15, 0.2) is 54.6 Å². The minimum Gasteiger partial charge on any atom is -0.277 e. The Morgan fingerprint density at radius 2 is 1.55 bits per heavy atom. The summed E-state index contributed by atoms with van der Waals surface area (Å²) in [5, 5.41) is 2.27. The Bertz CT molecular complexity index is 929. The number of benzene rings is 2. The highest BCUT2D eigenvalue weighted by molar-refractivity contribution is 6.31. The number of rotatable bonds is 3. The number of hydrogen-bond acceptors (Lipinski definition) is 4. The van der Waals surface area contributed by atoms with Gasteiger partial charge < -0.3 is 0 Å². The van der Waals surface area contributed by atoms with E-state index in [-0.39, 0.29) is 17.9 Å². The average Bonchev–Trinajstić information content (AvgIpc) is 3.26.